The van der Waals surface area contributed by atoms with E-state index in [1.165, 1.54) is 5.56 Å². The fraction of sp³-hybridized carbons (Fsp3) is 0.467. The molecule has 0 radical (unpaired) electrons. The SMILES string of the molecule is N#C[C@@H]1CCCN1C(=O)CNCCc1ccccc1. The van der Waals surface area contributed by atoms with E-state index in [2.05, 4.69) is 23.5 Å². The van der Waals surface area contributed by atoms with E-state index in [1.54, 1.807) is 4.90 Å². The number of rotatable bonds is 5. The van der Waals surface area contributed by atoms with Crippen LogP contribution < -0.4 is 5.32 Å². The minimum Gasteiger partial charge on any atom is -0.326 e. The molecule has 1 aromatic rings. The molecule has 1 heterocycles. The Labute approximate surface area is 114 Å². The number of likely N-dealkylation sites (tertiary alicyclic amines) is 1. The number of amides is 1. The van der Waals surface area contributed by atoms with Crippen LogP contribution in [0.4, 0.5) is 0 Å². The molecule has 1 atom stereocenters. The van der Waals surface area contributed by atoms with Gasteiger partial charge in [0.1, 0.15) is 6.04 Å². The summed E-state index contributed by atoms with van der Waals surface area (Å²) in [5.74, 6) is 0.0390. The zero-order valence-corrected chi connectivity index (χ0v) is 11.0. The standard InChI is InChI=1S/C15H19N3O/c16-11-14-7-4-10-18(14)15(19)12-17-9-8-13-5-2-1-3-6-13/h1-3,5-6,14,17H,4,7-10,12H2/t14-/m0/s1. The number of hydrogen-bond acceptors (Lipinski definition) is 3. The van der Waals surface area contributed by atoms with E-state index in [0.717, 1.165) is 32.4 Å². The van der Waals surface area contributed by atoms with Gasteiger partial charge < -0.3 is 10.2 Å². The van der Waals surface area contributed by atoms with E-state index in [9.17, 15) is 4.79 Å². The van der Waals surface area contributed by atoms with Crippen molar-refractivity contribution in [3.8, 4) is 6.07 Å². The van der Waals surface area contributed by atoms with Gasteiger partial charge in [0.2, 0.25) is 5.91 Å². The molecule has 19 heavy (non-hydrogen) atoms. The first-order valence-corrected chi connectivity index (χ1v) is 6.75. The van der Waals surface area contributed by atoms with Crippen LogP contribution in [0.3, 0.4) is 0 Å². The summed E-state index contributed by atoms with van der Waals surface area (Å²) in [7, 11) is 0. The van der Waals surface area contributed by atoms with Gasteiger partial charge in [-0.3, -0.25) is 4.79 Å². The van der Waals surface area contributed by atoms with E-state index >= 15 is 0 Å². The first-order chi connectivity index (χ1) is 9.31. The highest BCUT2D eigenvalue weighted by molar-refractivity contribution is 5.79. The fourth-order valence-corrected chi connectivity index (χ4v) is 2.37. The molecule has 1 N–H and O–H groups in total. The van der Waals surface area contributed by atoms with Crippen molar-refractivity contribution in [1.82, 2.24) is 10.2 Å². The van der Waals surface area contributed by atoms with Crippen molar-refractivity contribution >= 4 is 5.91 Å². The molecule has 1 aromatic carbocycles. The zero-order chi connectivity index (χ0) is 13.5. The molecule has 0 bridgehead atoms. The van der Waals surface area contributed by atoms with E-state index in [1.807, 2.05) is 18.2 Å². The van der Waals surface area contributed by atoms with Gasteiger partial charge in [0.05, 0.1) is 12.6 Å². The van der Waals surface area contributed by atoms with Gasteiger partial charge in [-0.1, -0.05) is 30.3 Å². The van der Waals surface area contributed by atoms with Crippen LogP contribution in [0.5, 0.6) is 0 Å². The molecule has 0 saturated carbocycles. The second-order valence-electron chi connectivity index (χ2n) is 4.79. The van der Waals surface area contributed by atoms with Gasteiger partial charge in [-0.05, 0) is 31.4 Å². The second-order valence-corrected chi connectivity index (χ2v) is 4.79. The number of hydrogen-bond donors (Lipinski definition) is 1. The molecule has 100 valence electrons. The highest BCUT2D eigenvalue weighted by atomic mass is 16.2. The lowest BCUT2D eigenvalue weighted by Crippen LogP contribution is -2.40. The predicted molar refractivity (Wildman–Crippen MR) is 73.4 cm³/mol. The van der Waals surface area contributed by atoms with Crippen molar-refractivity contribution in [3.05, 3.63) is 35.9 Å². The molecular weight excluding hydrogens is 238 g/mol. The van der Waals surface area contributed by atoms with E-state index in [4.69, 9.17) is 5.26 Å². The highest BCUT2D eigenvalue weighted by Crippen LogP contribution is 2.15. The lowest BCUT2D eigenvalue weighted by atomic mass is 10.1. The van der Waals surface area contributed by atoms with Crippen LogP contribution in [0.15, 0.2) is 30.3 Å². The number of nitrogens with one attached hydrogen (secondary N) is 1. The van der Waals surface area contributed by atoms with Gasteiger partial charge in [0.15, 0.2) is 0 Å². The average molecular weight is 257 g/mol. The third-order valence-corrected chi connectivity index (χ3v) is 3.43. The molecule has 0 spiro atoms. The zero-order valence-electron chi connectivity index (χ0n) is 11.0. The Kier molecular flexibility index (Phi) is 4.93. The third-order valence-electron chi connectivity index (χ3n) is 3.43. The van der Waals surface area contributed by atoms with E-state index < -0.39 is 0 Å². The number of carbonyl (C=O) groups excluding carboxylic acids is 1. The first-order valence-electron chi connectivity index (χ1n) is 6.75. The topological polar surface area (TPSA) is 56.1 Å². The summed E-state index contributed by atoms with van der Waals surface area (Å²) in [6, 6.07) is 12.2. The van der Waals surface area contributed by atoms with E-state index in [0.29, 0.717) is 6.54 Å². The van der Waals surface area contributed by atoms with Gasteiger partial charge in [-0.15, -0.1) is 0 Å². The van der Waals surface area contributed by atoms with Crippen LogP contribution in [-0.4, -0.2) is 36.5 Å². The van der Waals surface area contributed by atoms with Crippen LogP contribution in [0.2, 0.25) is 0 Å². The molecule has 1 aliphatic rings. The molecule has 1 amide bonds. The molecule has 0 aliphatic carbocycles. The summed E-state index contributed by atoms with van der Waals surface area (Å²) in [5, 5.41) is 12.1. The van der Waals surface area contributed by atoms with Crippen molar-refractivity contribution in [2.45, 2.75) is 25.3 Å². The third kappa shape index (κ3) is 3.80. The highest BCUT2D eigenvalue weighted by Gasteiger charge is 2.27. The molecule has 4 heteroatoms. The summed E-state index contributed by atoms with van der Waals surface area (Å²) in [4.78, 5) is 13.6. The summed E-state index contributed by atoms with van der Waals surface area (Å²) in [5.41, 5.74) is 1.26. The molecule has 1 saturated heterocycles. The summed E-state index contributed by atoms with van der Waals surface area (Å²) >= 11 is 0. The molecule has 2 rings (SSSR count). The minimum absolute atomic E-state index is 0.0390. The second kappa shape index (κ2) is 6.91. The minimum atomic E-state index is -0.219. The Bertz CT molecular complexity index is 452. The molecule has 1 fully saturated rings. The Hall–Kier alpha value is -1.86. The average Bonchev–Trinajstić information content (AvgIpc) is 2.93. The van der Waals surface area contributed by atoms with E-state index in [-0.39, 0.29) is 11.9 Å². The van der Waals surface area contributed by atoms with Gasteiger partial charge >= 0.3 is 0 Å². The lowest BCUT2D eigenvalue weighted by molar-refractivity contribution is -0.130. The summed E-state index contributed by atoms with van der Waals surface area (Å²) < 4.78 is 0. The lowest BCUT2D eigenvalue weighted by Gasteiger charge is -2.19. The number of benzene rings is 1. The number of carbonyl (C=O) groups is 1. The largest absolute Gasteiger partial charge is 0.326 e. The van der Waals surface area contributed by atoms with Gasteiger partial charge in [0.25, 0.3) is 0 Å². The number of nitriles is 1. The van der Waals surface area contributed by atoms with Crippen molar-refractivity contribution in [1.29, 1.82) is 5.26 Å². The normalized spacial score (nSPS) is 18.3. The summed E-state index contributed by atoms with van der Waals surface area (Å²) in [6.45, 7) is 1.82. The molecule has 0 aromatic heterocycles. The van der Waals surface area contributed by atoms with Gasteiger partial charge in [-0.2, -0.15) is 5.26 Å². The Morgan fingerprint density at radius 3 is 2.95 bits per heavy atom. The van der Waals surface area contributed by atoms with Crippen LogP contribution in [0, 0.1) is 11.3 Å². The van der Waals surface area contributed by atoms with Gasteiger partial charge in [0, 0.05) is 6.54 Å². The predicted octanol–water partition coefficient (Wildman–Crippen LogP) is 1.33. The fourth-order valence-electron chi connectivity index (χ4n) is 2.37. The van der Waals surface area contributed by atoms with Crippen LogP contribution in [-0.2, 0) is 11.2 Å². The quantitative estimate of drug-likeness (QED) is 0.810. The van der Waals surface area contributed by atoms with Crippen LogP contribution in [0.1, 0.15) is 18.4 Å². The van der Waals surface area contributed by atoms with Crippen molar-refractivity contribution in [3.63, 3.8) is 0 Å². The van der Waals surface area contributed by atoms with Crippen molar-refractivity contribution in [2.75, 3.05) is 19.6 Å². The van der Waals surface area contributed by atoms with Gasteiger partial charge in [-0.25, -0.2) is 0 Å². The maximum atomic E-state index is 11.9. The summed E-state index contributed by atoms with van der Waals surface area (Å²) in [6.07, 6.45) is 2.66. The van der Waals surface area contributed by atoms with Crippen LogP contribution in [0.25, 0.3) is 0 Å². The Morgan fingerprint density at radius 1 is 1.42 bits per heavy atom. The smallest absolute Gasteiger partial charge is 0.237 e. The van der Waals surface area contributed by atoms with Crippen LogP contribution >= 0.6 is 0 Å². The maximum Gasteiger partial charge on any atom is 0.237 e. The Morgan fingerprint density at radius 2 is 2.21 bits per heavy atom. The van der Waals surface area contributed by atoms with Crippen molar-refractivity contribution < 1.29 is 4.79 Å². The van der Waals surface area contributed by atoms with Crippen molar-refractivity contribution in [2.24, 2.45) is 0 Å². The molecule has 4 nitrogen and oxygen atoms in total. The molecule has 1 aliphatic heterocycles. The molecule has 0 unspecified atom stereocenters. The Balaban J connectivity index is 1.68. The monoisotopic (exact) mass is 257 g/mol. The maximum absolute atomic E-state index is 11.9. The number of nitrogens with zero attached hydrogens (tertiary/aromatic N) is 2. The molecular formula is C15H19N3O. The first kappa shape index (κ1) is 13.6.